The zero-order valence-corrected chi connectivity index (χ0v) is 11.5. The summed E-state index contributed by atoms with van der Waals surface area (Å²) in [6, 6.07) is 6.73. The number of rotatable bonds is 2. The predicted molar refractivity (Wildman–Crippen MR) is 78.9 cm³/mol. The van der Waals surface area contributed by atoms with Crippen molar-refractivity contribution in [2.45, 2.75) is 37.4 Å². The largest absolute Gasteiger partial charge is 0.346 e. The summed E-state index contributed by atoms with van der Waals surface area (Å²) in [6.45, 7) is 0. The van der Waals surface area contributed by atoms with Gasteiger partial charge >= 0.3 is 0 Å². The van der Waals surface area contributed by atoms with Crippen LogP contribution in [0.5, 0.6) is 0 Å². The molecule has 0 aromatic carbocycles. The number of aromatic nitrogens is 2. The second-order valence-electron chi connectivity index (χ2n) is 5.80. The van der Waals surface area contributed by atoms with Crippen molar-refractivity contribution in [2.24, 2.45) is 0 Å². The standard InChI is InChI=1S/C16H16N4O/c1-2-11-4-5-12-8-15(17-9-20(11)12)16(21)19-14-7-10-3-6-13(14)18-10/h1,4-5,8-10,13-14,18H,3,6-7H2,(H,19,21)/t10-,13+,14-/m1/s1. The van der Waals surface area contributed by atoms with Gasteiger partial charge in [-0.3, -0.25) is 9.20 Å². The number of hydrogen-bond donors (Lipinski definition) is 2. The summed E-state index contributed by atoms with van der Waals surface area (Å²) >= 11 is 0. The number of amides is 1. The van der Waals surface area contributed by atoms with Gasteiger partial charge in [0.15, 0.2) is 0 Å². The highest BCUT2D eigenvalue weighted by atomic mass is 16.2. The number of nitrogens with one attached hydrogen (secondary N) is 2. The van der Waals surface area contributed by atoms with Crippen molar-refractivity contribution < 1.29 is 4.79 Å². The first-order chi connectivity index (χ1) is 10.2. The Morgan fingerprint density at radius 2 is 2.38 bits per heavy atom. The molecule has 0 spiro atoms. The van der Waals surface area contributed by atoms with Crippen LogP contribution in [0.1, 0.15) is 35.4 Å². The molecule has 0 unspecified atom stereocenters. The molecule has 2 aromatic rings. The summed E-state index contributed by atoms with van der Waals surface area (Å²) in [4.78, 5) is 16.6. The van der Waals surface area contributed by atoms with E-state index in [0.29, 0.717) is 17.8 Å². The molecular formula is C16H16N4O. The number of hydrogen-bond acceptors (Lipinski definition) is 3. The van der Waals surface area contributed by atoms with Gasteiger partial charge in [-0.05, 0) is 37.5 Å². The van der Waals surface area contributed by atoms with Crippen molar-refractivity contribution in [1.29, 1.82) is 0 Å². The van der Waals surface area contributed by atoms with Crippen molar-refractivity contribution in [3.8, 4) is 12.3 Å². The van der Waals surface area contributed by atoms with Crippen molar-refractivity contribution in [3.63, 3.8) is 0 Å². The average molecular weight is 280 g/mol. The highest BCUT2D eigenvalue weighted by molar-refractivity contribution is 5.93. The minimum atomic E-state index is -0.111. The molecule has 2 aliphatic rings. The first kappa shape index (κ1) is 12.4. The van der Waals surface area contributed by atoms with Gasteiger partial charge in [0.05, 0.1) is 11.2 Å². The van der Waals surface area contributed by atoms with Crippen LogP contribution >= 0.6 is 0 Å². The minimum absolute atomic E-state index is 0.111. The monoisotopic (exact) mass is 280 g/mol. The van der Waals surface area contributed by atoms with Crippen molar-refractivity contribution in [1.82, 2.24) is 20.0 Å². The Morgan fingerprint density at radius 3 is 3.10 bits per heavy atom. The van der Waals surface area contributed by atoms with Crippen molar-refractivity contribution in [2.75, 3.05) is 0 Å². The van der Waals surface area contributed by atoms with Crippen LogP contribution in [-0.2, 0) is 0 Å². The molecule has 4 heterocycles. The summed E-state index contributed by atoms with van der Waals surface area (Å²) in [5.74, 6) is 2.48. The molecule has 2 N–H and O–H groups in total. The smallest absolute Gasteiger partial charge is 0.270 e. The fourth-order valence-corrected chi connectivity index (χ4v) is 3.48. The van der Waals surface area contributed by atoms with E-state index in [1.807, 2.05) is 12.1 Å². The molecule has 5 heteroatoms. The van der Waals surface area contributed by atoms with Gasteiger partial charge in [-0.1, -0.05) is 5.92 Å². The third-order valence-corrected chi connectivity index (χ3v) is 4.54. The zero-order valence-electron chi connectivity index (χ0n) is 11.5. The van der Waals surface area contributed by atoms with Crippen LogP contribution in [0.15, 0.2) is 24.5 Å². The molecular weight excluding hydrogens is 264 g/mol. The van der Waals surface area contributed by atoms with E-state index in [1.54, 1.807) is 16.8 Å². The van der Waals surface area contributed by atoms with Crippen LogP contribution in [0.2, 0.25) is 0 Å². The summed E-state index contributed by atoms with van der Waals surface area (Å²) in [7, 11) is 0. The Balaban J connectivity index is 1.55. The third kappa shape index (κ3) is 1.99. The van der Waals surface area contributed by atoms with Crippen LogP contribution in [0.3, 0.4) is 0 Å². The van der Waals surface area contributed by atoms with Crippen LogP contribution in [0.25, 0.3) is 5.52 Å². The Hall–Kier alpha value is -2.32. The van der Waals surface area contributed by atoms with Gasteiger partial charge in [-0.15, -0.1) is 6.42 Å². The van der Waals surface area contributed by atoms with Gasteiger partial charge in [0, 0.05) is 18.1 Å². The summed E-state index contributed by atoms with van der Waals surface area (Å²) in [5, 5.41) is 6.61. The highest BCUT2D eigenvalue weighted by Crippen LogP contribution is 2.28. The van der Waals surface area contributed by atoms with Gasteiger partial charge in [-0.2, -0.15) is 0 Å². The Morgan fingerprint density at radius 1 is 1.48 bits per heavy atom. The fraction of sp³-hybridized carbons (Fsp3) is 0.375. The third-order valence-electron chi connectivity index (χ3n) is 4.54. The fourth-order valence-electron chi connectivity index (χ4n) is 3.48. The number of terminal acetylenes is 1. The van der Waals surface area contributed by atoms with E-state index in [0.717, 1.165) is 24.1 Å². The zero-order chi connectivity index (χ0) is 14.4. The topological polar surface area (TPSA) is 58.4 Å². The molecule has 0 radical (unpaired) electrons. The lowest BCUT2D eigenvalue weighted by Crippen LogP contribution is -2.43. The quantitative estimate of drug-likeness (QED) is 0.805. The number of nitrogens with zero attached hydrogens (tertiary/aromatic N) is 2. The molecule has 0 aliphatic carbocycles. The minimum Gasteiger partial charge on any atom is -0.346 e. The lowest BCUT2D eigenvalue weighted by atomic mass is 9.95. The van der Waals surface area contributed by atoms with Crippen LogP contribution in [0.4, 0.5) is 0 Å². The molecule has 1 amide bonds. The SMILES string of the molecule is C#Cc1ccc2cc(C(=O)N[C@@H]3C[C@H]4CC[C@@H]3N4)ncn12. The second kappa shape index (κ2) is 4.61. The van der Waals surface area contributed by atoms with Crippen molar-refractivity contribution >= 4 is 11.4 Å². The molecule has 2 fully saturated rings. The first-order valence-corrected chi connectivity index (χ1v) is 7.25. The van der Waals surface area contributed by atoms with E-state index >= 15 is 0 Å². The first-order valence-electron chi connectivity index (χ1n) is 7.25. The Bertz CT molecular complexity index is 757. The number of carbonyl (C=O) groups excluding carboxylic acids is 1. The maximum Gasteiger partial charge on any atom is 0.270 e. The van der Waals surface area contributed by atoms with E-state index in [-0.39, 0.29) is 11.9 Å². The molecule has 2 aliphatic heterocycles. The van der Waals surface area contributed by atoms with E-state index in [9.17, 15) is 4.79 Å². The van der Waals surface area contributed by atoms with Gasteiger partial charge < -0.3 is 10.6 Å². The molecule has 2 saturated heterocycles. The van der Waals surface area contributed by atoms with Gasteiger partial charge in [0.25, 0.3) is 5.91 Å². The number of carbonyl (C=O) groups is 1. The molecule has 2 bridgehead atoms. The Labute approximate surface area is 122 Å². The lowest BCUT2D eigenvalue weighted by molar-refractivity contribution is 0.0926. The van der Waals surface area contributed by atoms with Gasteiger partial charge in [0.1, 0.15) is 12.0 Å². The maximum atomic E-state index is 12.3. The molecule has 21 heavy (non-hydrogen) atoms. The second-order valence-corrected chi connectivity index (χ2v) is 5.80. The molecule has 3 atom stereocenters. The van der Waals surface area contributed by atoms with Crippen LogP contribution in [0, 0.1) is 12.3 Å². The van der Waals surface area contributed by atoms with Gasteiger partial charge in [0.2, 0.25) is 0 Å². The molecule has 2 aromatic heterocycles. The van der Waals surface area contributed by atoms with E-state index in [4.69, 9.17) is 6.42 Å². The summed E-state index contributed by atoms with van der Waals surface area (Å²) in [6.07, 6.45) is 10.4. The highest BCUT2D eigenvalue weighted by Gasteiger charge is 2.39. The van der Waals surface area contributed by atoms with Gasteiger partial charge in [-0.25, -0.2) is 4.98 Å². The normalized spacial score (nSPS) is 26.9. The Kier molecular flexibility index (Phi) is 2.72. The lowest BCUT2D eigenvalue weighted by Gasteiger charge is -2.21. The molecule has 0 saturated carbocycles. The molecule has 5 nitrogen and oxygen atoms in total. The summed E-state index contributed by atoms with van der Waals surface area (Å²) < 4.78 is 1.80. The number of fused-ring (bicyclic) bond motifs is 3. The summed E-state index contributed by atoms with van der Waals surface area (Å²) in [5.41, 5.74) is 2.06. The van der Waals surface area contributed by atoms with Crippen LogP contribution in [-0.4, -0.2) is 33.4 Å². The van der Waals surface area contributed by atoms with E-state index in [2.05, 4.69) is 21.5 Å². The van der Waals surface area contributed by atoms with E-state index in [1.165, 1.54) is 6.42 Å². The molecule has 4 rings (SSSR count). The predicted octanol–water partition coefficient (Wildman–Crippen LogP) is 0.938. The van der Waals surface area contributed by atoms with Crippen LogP contribution < -0.4 is 10.6 Å². The maximum absolute atomic E-state index is 12.3. The van der Waals surface area contributed by atoms with Crippen molar-refractivity contribution in [3.05, 3.63) is 35.9 Å². The van der Waals surface area contributed by atoms with E-state index < -0.39 is 0 Å². The molecule has 106 valence electrons. The average Bonchev–Trinajstić information content (AvgIpc) is 3.21.